The number of carboxylic acid groups (broad SMARTS) is 1. The Morgan fingerprint density at radius 2 is 2.09 bits per heavy atom. The van der Waals surface area contributed by atoms with Crippen molar-refractivity contribution >= 4 is 17.7 Å². The molecule has 0 aromatic carbocycles. The number of rotatable bonds is 6. The van der Waals surface area contributed by atoms with Gasteiger partial charge in [0.05, 0.1) is 0 Å². The summed E-state index contributed by atoms with van der Waals surface area (Å²) in [6.45, 7) is 0. The zero-order valence-corrected chi connectivity index (χ0v) is 13.4. The fourth-order valence-corrected chi connectivity index (χ4v) is 3.03. The van der Waals surface area contributed by atoms with E-state index in [0.717, 1.165) is 30.4 Å². The van der Waals surface area contributed by atoms with E-state index in [0.29, 0.717) is 10.9 Å². The highest BCUT2D eigenvalue weighted by Gasteiger charge is 2.25. The van der Waals surface area contributed by atoms with Crippen molar-refractivity contribution in [1.82, 2.24) is 14.9 Å². The number of nitrogens with one attached hydrogen (secondary N) is 1. The SMILES string of the molecule is COC(Nn1c(SC)nnc(C2CCCCC2)c1=O)C(=O)O. The van der Waals surface area contributed by atoms with E-state index in [2.05, 4.69) is 15.6 Å². The third-order valence-corrected chi connectivity index (χ3v) is 4.37. The van der Waals surface area contributed by atoms with E-state index in [1.807, 2.05) is 0 Å². The van der Waals surface area contributed by atoms with E-state index >= 15 is 0 Å². The normalized spacial score (nSPS) is 17.2. The van der Waals surface area contributed by atoms with Gasteiger partial charge in [0.25, 0.3) is 5.56 Å². The Kier molecular flexibility index (Phi) is 5.78. The van der Waals surface area contributed by atoms with Gasteiger partial charge >= 0.3 is 5.97 Å². The number of carbonyl (C=O) groups is 1. The fraction of sp³-hybridized carbons (Fsp3) is 0.692. The van der Waals surface area contributed by atoms with E-state index < -0.39 is 12.2 Å². The smallest absolute Gasteiger partial charge is 0.355 e. The van der Waals surface area contributed by atoms with E-state index in [4.69, 9.17) is 9.84 Å². The molecule has 0 bridgehead atoms. The highest BCUT2D eigenvalue weighted by molar-refractivity contribution is 7.98. The van der Waals surface area contributed by atoms with Crippen molar-refractivity contribution in [3.63, 3.8) is 0 Å². The number of methoxy groups -OCH3 is 1. The average Bonchev–Trinajstić information content (AvgIpc) is 2.53. The number of hydrogen-bond donors (Lipinski definition) is 2. The Bertz CT molecular complexity index is 586. The second-order valence-electron chi connectivity index (χ2n) is 5.13. The molecule has 1 aliphatic rings. The molecule has 2 rings (SSSR count). The number of ether oxygens (including phenoxy) is 1. The third-order valence-electron chi connectivity index (χ3n) is 3.74. The molecule has 0 saturated heterocycles. The summed E-state index contributed by atoms with van der Waals surface area (Å²) in [5.41, 5.74) is 2.60. The summed E-state index contributed by atoms with van der Waals surface area (Å²) in [7, 11) is 1.26. The van der Waals surface area contributed by atoms with Gasteiger partial charge in [-0.3, -0.25) is 10.2 Å². The number of carboxylic acids is 1. The highest BCUT2D eigenvalue weighted by atomic mass is 32.2. The van der Waals surface area contributed by atoms with Crippen LogP contribution < -0.4 is 11.0 Å². The first-order valence-electron chi connectivity index (χ1n) is 7.14. The van der Waals surface area contributed by atoms with Gasteiger partial charge in [-0.2, -0.15) is 4.68 Å². The maximum absolute atomic E-state index is 12.7. The zero-order valence-electron chi connectivity index (χ0n) is 12.6. The number of thioether (sulfide) groups is 1. The van der Waals surface area contributed by atoms with Gasteiger partial charge in [0.1, 0.15) is 5.69 Å². The van der Waals surface area contributed by atoms with Gasteiger partial charge in [-0.05, 0) is 19.1 Å². The molecule has 2 N–H and O–H groups in total. The quantitative estimate of drug-likeness (QED) is 0.588. The van der Waals surface area contributed by atoms with Crippen LogP contribution >= 0.6 is 11.8 Å². The lowest BCUT2D eigenvalue weighted by atomic mass is 9.87. The Balaban J connectivity index is 2.37. The predicted octanol–water partition coefficient (Wildman–Crippen LogP) is 1.01. The molecular weight excluding hydrogens is 308 g/mol. The molecule has 0 spiro atoms. The molecule has 1 heterocycles. The Labute approximate surface area is 132 Å². The summed E-state index contributed by atoms with van der Waals surface area (Å²) < 4.78 is 5.96. The summed E-state index contributed by atoms with van der Waals surface area (Å²) in [5.74, 6) is -1.12. The molecule has 1 aromatic rings. The van der Waals surface area contributed by atoms with Crippen molar-refractivity contribution in [2.75, 3.05) is 18.8 Å². The first-order valence-corrected chi connectivity index (χ1v) is 8.36. The minimum atomic E-state index is -1.33. The highest BCUT2D eigenvalue weighted by Crippen LogP contribution is 2.29. The first-order chi connectivity index (χ1) is 10.6. The minimum Gasteiger partial charge on any atom is -0.478 e. The van der Waals surface area contributed by atoms with Gasteiger partial charge in [-0.15, -0.1) is 10.2 Å². The summed E-state index contributed by atoms with van der Waals surface area (Å²) in [5, 5.41) is 17.5. The molecule has 22 heavy (non-hydrogen) atoms. The fourth-order valence-electron chi connectivity index (χ4n) is 2.59. The van der Waals surface area contributed by atoms with E-state index in [-0.39, 0.29) is 11.5 Å². The molecule has 122 valence electrons. The van der Waals surface area contributed by atoms with Crippen LogP contribution in [0.25, 0.3) is 0 Å². The summed E-state index contributed by atoms with van der Waals surface area (Å²) >= 11 is 1.21. The van der Waals surface area contributed by atoms with Crippen LogP contribution in [0.1, 0.15) is 43.7 Å². The molecule has 1 fully saturated rings. The topological polar surface area (TPSA) is 106 Å². The van der Waals surface area contributed by atoms with Crippen LogP contribution in [0.5, 0.6) is 0 Å². The van der Waals surface area contributed by atoms with Crippen LogP contribution in [0.15, 0.2) is 9.95 Å². The minimum absolute atomic E-state index is 0.0866. The predicted molar refractivity (Wildman–Crippen MR) is 81.7 cm³/mol. The van der Waals surface area contributed by atoms with Crippen molar-refractivity contribution in [3.8, 4) is 0 Å². The summed E-state index contributed by atoms with van der Waals surface area (Å²) in [6, 6.07) is 0. The summed E-state index contributed by atoms with van der Waals surface area (Å²) in [4.78, 5) is 23.7. The van der Waals surface area contributed by atoms with Crippen molar-refractivity contribution in [3.05, 3.63) is 16.0 Å². The molecule has 1 aromatic heterocycles. The molecule has 1 atom stereocenters. The van der Waals surface area contributed by atoms with Gasteiger partial charge in [-0.25, -0.2) is 4.79 Å². The number of aliphatic carboxylic acids is 1. The van der Waals surface area contributed by atoms with Crippen molar-refractivity contribution in [2.24, 2.45) is 0 Å². The van der Waals surface area contributed by atoms with Crippen molar-refractivity contribution < 1.29 is 14.6 Å². The molecule has 1 saturated carbocycles. The van der Waals surface area contributed by atoms with Crippen LogP contribution in [-0.4, -0.2) is 45.5 Å². The summed E-state index contributed by atoms with van der Waals surface area (Å²) in [6.07, 6.45) is 5.55. The second kappa shape index (κ2) is 7.59. The Hall–Kier alpha value is -1.61. The lowest BCUT2D eigenvalue weighted by Crippen LogP contribution is -2.44. The standard InChI is InChI=1S/C13H20N4O4S/c1-21-10(12(19)20)16-17-11(18)9(14-15-13(17)22-2)8-6-4-3-5-7-8/h8,10,16H,3-7H2,1-2H3,(H,19,20). The van der Waals surface area contributed by atoms with Crippen molar-refractivity contribution in [2.45, 2.75) is 49.4 Å². The van der Waals surface area contributed by atoms with Gasteiger partial charge in [0.15, 0.2) is 0 Å². The molecule has 0 amide bonds. The first kappa shape index (κ1) is 16.8. The molecule has 0 aliphatic heterocycles. The maximum Gasteiger partial charge on any atom is 0.355 e. The monoisotopic (exact) mass is 328 g/mol. The van der Waals surface area contributed by atoms with Gasteiger partial charge in [0.2, 0.25) is 11.4 Å². The van der Waals surface area contributed by atoms with Crippen molar-refractivity contribution in [1.29, 1.82) is 0 Å². The largest absolute Gasteiger partial charge is 0.478 e. The molecule has 0 radical (unpaired) electrons. The van der Waals surface area contributed by atoms with Gasteiger partial charge in [-0.1, -0.05) is 31.0 Å². The molecule has 1 aliphatic carbocycles. The zero-order chi connectivity index (χ0) is 16.1. The molecule has 1 unspecified atom stereocenters. The average molecular weight is 328 g/mol. The Morgan fingerprint density at radius 1 is 1.41 bits per heavy atom. The molecule has 9 heteroatoms. The van der Waals surface area contributed by atoms with Crippen LogP contribution in [-0.2, 0) is 9.53 Å². The van der Waals surface area contributed by atoms with Crippen LogP contribution in [0.2, 0.25) is 0 Å². The van der Waals surface area contributed by atoms with E-state index in [1.165, 1.54) is 25.3 Å². The lowest BCUT2D eigenvalue weighted by molar-refractivity contribution is -0.147. The molecule has 8 nitrogen and oxygen atoms in total. The van der Waals surface area contributed by atoms with Crippen LogP contribution in [0.3, 0.4) is 0 Å². The second-order valence-corrected chi connectivity index (χ2v) is 5.90. The van der Waals surface area contributed by atoms with Crippen LogP contribution in [0.4, 0.5) is 0 Å². The Morgan fingerprint density at radius 3 is 2.64 bits per heavy atom. The number of hydrogen-bond acceptors (Lipinski definition) is 7. The third kappa shape index (κ3) is 3.58. The van der Waals surface area contributed by atoms with Crippen LogP contribution in [0, 0.1) is 0 Å². The molecular formula is C13H20N4O4S. The maximum atomic E-state index is 12.7. The van der Waals surface area contributed by atoms with E-state index in [9.17, 15) is 9.59 Å². The van der Waals surface area contributed by atoms with Gasteiger partial charge < -0.3 is 9.84 Å². The number of nitrogens with zero attached hydrogens (tertiary/aromatic N) is 3. The van der Waals surface area contributed by atoms with E-state index in [1.54, 1.807) is 6.26 Å². The lowest BCUT2D eigenvalue weighted by Gasteiger charge is -2.22. The number of aromatic nitrogens is 3. The van der Waals surface area contributed by atoms with Gasteiger partial charge in [0, 0.05) is 13.0 Å².